The lowest BCUT2D eigenvalue weighted by molar-refractivity contribution is -0.126. The average Bonchev–Trinajstić information content (AvgIpc) is 2.47. The van der Waals surface area contributed by atoms with Crippen molar-refractivity contribution in [2.75, 3.05) is 6.61 Å². The molecule has 5 nitrogen and oxygen atoms in total. The van der Waals surface area contributed by atoms with Gasteiger partial charge in [-0.3, -0.25) is 9.59 Å². The van der Waals surface area contributed by atoms with Crippen LogP contribution in [0.25, 0.3) is 0 Å². The summed E-state index contributed by atoms with van der Waals surface area (Å²) in [5.41, 5.74) is 5.34. The number of allylic oxidation sites excluding steroid dienone is 1. The van der Waals surface area contributed by atoms with Crippen LogP contribution >= 0.6 is 11.6 Å². The molecule has 1 aromatic rings. The highest BCUT2D eigenvalue weighted by atomic mass is 35.5. The molecule has 2 rings (SSSR count). The number of hydrogen-bond acceptors (Lipinski definition) is 3. The van der Waals surface area contributed by atoms with E-state index in [0.29, 0.717) is 23.6 Å². The largest absolute Gasteiger partial charge is 0.484 e. The van der Waals surface area contributed by atoms with Crippen LogP contribution in [0.1, 0.15) is 12.8 Å². The second-order valence-electron chi connectivity index (χ2n) is 4.87. The number of rotatable bonds is 5. The van der Waals surface area contributed by atoms with Crippen molar-refractivity contribution < 1.29 is 14.3 Å². The molecular formula is C15H17ClN2O3. The van der Waals surface area contributed by atoms with E-state index in [9.17, 15) is 9.59 Å². The molecule has 0 aliphatic heterocycles. The van der Waals surface area contributed by atoms with E-state index >= 15 is 0 Å². The number of halogens is 1. The Morgan fingerprint density at radius 2 is 1.90 bits per heavy atom. The van der Waals surface area contributed by atoms with Gasteiger partial charge in [-0.2, -0.15) is 0 Å². The Bertz CT molecular complexity index is 542. The Morgan fingerprint density at radius 3 is 2.57 bits per heavy atom. The van der Waals surface area contributed by atoms with Gasteiger partial charge < -0.3 is 15.8 Å². The van der Waals surface area contributed by atoms with Crippen LogP contribution in [0.15, 0.2) is 36.4 Å². The number of carbonyl (C=O) groups is 2. The van der Waals surface area contributed by atoms with Crippen molar-refractivity contribution in [3.05, 3.63) is 41.4 Å². The number of nitrogens with one attached hydrogen (secondary N) is 1. The summed E-state index contributed by atoms with van der Waals surface area (Å²) in [4.78, 5) is 23.2. The number of ether oxygens (including phenoxy) is 1. The summed E-state index contributed by atoms with van der Waals surface area (Å²) in [6, 6.07) is 6.47. The quantitative estimate of drug-likeness (QED) is 0.812. The fourth-order valence-corrected chi connectivity index (χ4v) is 2.34. The Hall–Kier alpha value is -2.01. The van der Waals surface area contributed by atoms with Crippen LogP contribution in [0.3, 0.4) is 0 Å². The number of nitrogens with two attached hydrogens (primary N) is 1. The van der Waals surface area contributed by atoms with Crippen molar-refractivity contribution in [1.82, 2.24) is 5.32 Å². The summed E-state index contributed by atoms with van der Waals surface area (Å²) in [6.45, 7) is -0.118. The summed E-state index contributed by atoms with van der Waals surface area (Å²) < 4.78 is 5.36. The van der Waals surface area contributed by atoms with E-state index in [-0.39, 0.29) is 24.5 Å². The molecule has 0 bridgehead atoms. The van der Waals surface area contributed by atoms with Crippen molar-refractivity contribution in [1.29, 1.82) is 0 Å². The first-order chi connectivity index (χ1) is 10.1. The normalized spacial score (nSPS) is 20.8. The Morgan fingerprint density at radius 1 is 1.24 bits per heavy atom. The minimum absolute atomic E-state index is 0.118. The van der Waals surface area contributed by atoms with Gasteiger partial charge in [0.15, 0.2) is 6.61 Å². The van der Waals surface area contributed by atoms with Gasteiger partial charge in [0.2, 0.25) is 5.91 Å². The summed E-state index contributed by atoms with van der Waals surface area (Å²) in [5, 5.41) is 3.39. The zero-order chi connectivity index (χ0) is 15.2. The fraction of sp³-hybridized carbons (Fsp3) is 0.333. The van der Waals surface area contributed by atoms with Crippen LogP contribution in [0.2, 0.25) is 5.02 Å². The molecule has 1 aliphatic carbocycles. The third kappa shape index (κ3) is 4.49. The second-order valence-corrected chi connectivity index (χ2v) is 5.30. The zero-order valence-corrected chi connectivity index (χ0v) is 12.2. The minimum Gasteiger partial charge on any atom is -0.484 e. The maximum absolute atomic E-state index is 11.9. The van der Waals surface area contributed by atoms with E-state index in [0.717, 1.165) is 0 Å². The van der Waals surface area contributed by atoms with Crippen molar-refractivity contribution >= 4 is 23.4 Å². The molecule has 0 aromatic heterocycles. The van der Waals surface area contributed by atoms with E-state index < -0.39 is 5.91 Å². The molecule has 0 spiro atoms. The predicted octanol–water partition coefficient (Wildman–Crippen LogP) is 1.66. The van der Waals surface area contributed by atoms with E-state index in [1.807, 2.05) is 12.2 Å². The topological polar surface area (TPSA) is 81.4 Å². The lowest BCUT2D eigenvalue weighted by Crippen LogP contribution is -2.47. The molecule has 6 heteroatoms. The van der Waals surface area contributed by atoms with Crippen LogP contribution in [-0.2, 0) is 9.59 Å². The molecule has 0 saturated heterocycles. The minimum atomic E-state index is -0.400. The molecule has 1 aliphatic rings. The Labute approximate surface area is 128 Å². The maximum atomic E-state index is 11.9. The maximum Gasteiger partial charge on any atom is 0.258 e. The van der Waals surface area contributed by atoms with Gasteiger partial charge in [-0.1, -0.05) is 23.8 Å². The van der Waals surface area contributed by atoms with Crippen LogP contribution in [-0.4, -0.2) is 24.5 Å². The van der Waals surface area contributed by atoms with Gasteiger partial charge in [-0.15, -0.1) is 0 Å². The highest BCUT2D eigenvalue weighted by Gasteiger charge is 2.28. The van der Waals surface area contributed by atoms with Crippen LogP contribution in [0.5, 0.6) is 5.75 Å². The number of carbonyl (C=O) groups excluding carboxylic acids is 2. The summed E-state index contributed by atoms with van der Waals surface area (Å²) >= 11 is 5.76. The van der Waals surface area contributed by atoms with Crippen molar-refractivity contribution in [2.45, 2.75) is 18.9 Å². The van der Waals surface area contributed by atoms with E-state index in [4.69, 9.17) is 22.1 Å². The zero-order valence-electron chi connectivity index (χ0n) is 11.4. The van der Waals surface area contributed by atoms with E-state index in [1.165, 1.54) is 0 Å². The van der Waals surface area contributed by atoms with E-state index in [1.54, 1.807) is 24.3 Å². The van der Waals surface area contributed by atoms with Crippen LogP contribution < -0.4 is 15.8 Å². The first kappa shape index (κ1) is 15.4. The highest BCUT2D eigenvalue weighted by molar-refractivity contribution is 6.30. The smallest absolute Gasteiger partial charge is 0.258 e. The number of amides is 2. The predicted molar refractivity (Wildman–Crippen MR) is 79.9 cm³/mol. The SMILES string of the molecule is NC(=O)[C@@H]1CC=CC[C@H]1NC(=O)COc1ccc(Cl)cc1. The standard InChI is InChI=1S/C15H17ClN2O3/c16-10-5-7-11(8-6-10)21-9-14(19)18-13-4-2-1-3-12(13)15(17)20/h1-2,5-8,12-13H,3-4,9H2,(H2,17,20)(H,18,19)/t12-,13-/m1/s1. The molecule has 0 radical (unpaired) electrons. The molecule has 2 atom stereocenters. The third-order valence-corrected chi connectivity index (χ3v) is 3.58. The van der Waals surface area contributed by atoms with Gasteiger partial charge in [-0.05, 0) is 37.1 Å². The third-order valence-electron chi connectivity index (χ3n) is 3.33. The molecule has 0 fully saturated rings. The number of primary amides is 1. The van der Waals surface area contributed by atoms with Gasteiger partial charge in [-0.25, -0.2) is 0 Å². The molecule has 3 N–H and O–H groups in total. The molecule has 2 amide bonds. The van der Waals surface area contributed by atoms with Gasteiger partial charge in [0.05, 0.1) is 5.92 Å². The molecule has 1 aromatic carbocycles. The molecule has 112 valence electrons. The van der Waals surface area contributed by atoms with Gasteiger partial charge in [0.1, 0.15) is 5.75 Å². The van der Waals surface area contributed by atoms with Gasteiger partial charge >= 0.3 is 0 Å². The van der Waals surface area contributed by atoms with Gasteiger partial charge in [0.25, 0.3) is 5.91 Å². The van der Waals surface area contributed by atoms with Crippen molar-refractivity contribution in [2.24, 2.45) is 11.7 Å². The van der Waals surface area contributed by atoms with Crippen LogP contribution in [0, 0.1) is 5.92 Å². The average molecular weight is 309 g/mol. The van der Waals surface area contributed by atoms with Crippen molar-refractivity contribution in [3.8, 4) is 5.75 Å². The number of benzene rings is 1. The first-order valence-corrected chi connectivity index (χ1v) is 7.06. The molecule has 21 heavy (non-hydrogen) atoms. The summed E-state index contributed by atoms with van der Waals surface area (Å²) in [7, 11) is 0. The summed E-state index contributed by atoms with van der Waals surface area (Å²) in [5.74, 6) is -0.487. The highest BCUT2D eigenvalue weighted by Crippen LogP contribution is 2.19. The number of hydrogen-bond donors (Lipinski definition) is 2. The van der Waals surface area contributed by atoms with Gasteiger partial charge in [0, 0.05) is 11.1 Å². The van der Waals surface area contributed by atoms with Crippen LogP contribution in [0.4, 0.5) is 0 Å². The molecular weight excluding hydrogens is 292 g/mol. The molecule has 0 saturated carbocycles. The first-order valence-electron chi connectivity index (χ1n) is 6.68. The molecule has 0 unspecified atom stereocenters. The lowest BCUT2D eigenvalue weighted by atomic mass is 9.88. The summed E-state index contributed by atoms with van der Waals surface area (Å²) in [6.07, 6.45) is 4.99. The lowest BCUT2D eigenvalue weighted by Gasteiger charge is -2.26. The Balaban J connectivity index is 1.85. The fourth-order valence-electron chi connectivity index (χ4n) is 2.22. The second kappa shape index (κ2) is 7.13. The van der Waals surface area contributed by atoms with E-state index in [2.05, 4.69) is 5.32 Å². The Kier molecular flexibility index (Phi) is 5.22. The van der Waals surface area contributed by atoms with Crippen molar-refractivity contribution in [3.63, 3.8) is 0 Å². The monoisotopic (exact) mass is 308 g/mol. The molecule has 0 heterocycles.